The van der Waals surface area contributed by atoms with Gasteiger partial charge in [0, 0.05) is 22.1 Å². The largest absolute Gasteiger partial charge is 0.349 e. The van der Waals surface area contributed by atoms with Crippen molar-refractivity contribution < 1.29 is 14.4 Å². The fourth-order valence-corrected chi connectivity index (χ4v) is 4.48. The first-order valence-electron chi connectivity index (χ1n) is 12.6. The number of hydrogen-bond acceptors (Lipinski definition) is 3. The highest BCUT2D eigenvalue weighted by Gasteiger charge is 2.16. The topological polar surface area (TPSA) is 131 Å². The Kier molecular flexibility index (Phi) is 6.43. The second kappa shape index (κ2) is 10.5. The van der Waals surface area contributed by atoms with Crippen molar-refractivity contribution in [2.75, 3.05) is 21.3 Å². The van der Waals surface area contributed by atoms with Crippen LogP contribution in [0.15, 0.2) is 109 Å². The van der Waals surface area contributed by atoms with Crippen LogP contribution in [0.1, 0.15) is 21.0 Å². The summed E-state index contributed by atoms with van der Waals surface area (Å²) in [4.78, 5) is 44.8. The Morgan fingerprint density at radius 3 is 1.32 bits per heavy atom. The summed E-state index contributed by atoms with van der Waals surface area (Å²) in [6.07, 6.45) is 0. The summed E-state index contributed by atoms with van der Waals surface area (Å²) in [5.41, 5.74) is 4.36. The molecule has 2 aromatic heterocycles. The Bertz CT molecular complexity index is 1720. The van der Waals surface area contributed by atoms with Gasteiger partial charge in [0.25, 0.3) is 11.8 Å². The van der Waals surface area contributed by atoms with Gasteiger partial charge in [-0.3, -0.25) is 9.59 Å². The molecule has 0 saturated carbocycles. The molecule has 9 nitrogen and oxygen atoms in total. The van der Waals surface area contributed by atoms with Crippen LogP contribution in [-0.4, -0.2) is 27.8 Å². The lowest BCUT2D eigenvalue weighted by Gasteiger charge is -2.09. The summed E-state index contributed by atoms with van der Waals surface area (Å²) in [6, 6.07) is 32.1. The Labute approximate surface area is 228 Å². The molecule has 9 heteroatoms. The molecule has 6 rings (SSSR count). The highest BCUT2D eigenvalue weighted by atomic mass is 16.2. The third-order valence-corrected chi connectivity index (χ3v) is 6.36. The summed E-state index contributed by atoms with van der Waals surface area (Å²) < 4.78 is 0. The van der Waals surface area contributed by atoms with Gasteiger partial charge in [-0.1, -0.05) is 60.7 Å². The van der Waals surface area contributed by atoms with Crippen molar-refractivity contribution in [3.05, 3.63) is 121 Å². The number of H-pyrrole nitrogens is 2. The molecule has 6 aromatic rings. The van der Waals surface area contributed by atoms with E-state index in [1.54, 1.807) is 60.7 Å². The molecule has 0 fully saturated rings. The second-order valence-corrected chi connectivity index (χ2v) is 9.13. The molecule has 0 spiro atoms. The van der Waals surface area contributed by atoms with Crippen LogP contribution in [-0.2, 0) is 0 Å². The molecule has 0 atom stereocenters. The fraction of sp³-hybridized carbons (Fsp3) is 0. The Morgan fingerprint density at radius 2 is 0.900 bits per heavy atom. The van der Waals surface area contributed by atoms with E-state index in [-0.39, 0.29) is 11.8 Å². The number of fused-ring (bicyclic) bond motifs is 2. The van der Waals surface area contributed by atoms with E-state index < -0.39 is 6.03 Å². The Hall–Kier alpha value is -5.83. The van der Waals surface area contributed by atoms with Gasteiger partial charge < -0.3 is 31.2 Å². The van der Waals surface area contributed by atoms with Crippen molar-refractivity contribution in [1.29, 1.82) is 0 Å². The second-order valence-electron chi connectivity index (χ2n) is 9.13. The molecule has 0 saturated heterocycles. The zero-order valence-corrected chi connectivity index (χ0v) is 21.1. The zero-order valence-electron chi connectivity index (χ0n) is 21.1. The molecule has 0 radical (unpaired) electrons. The van der Waals surface area contributed by atoms with Crippen molar-refractivity contribution >= 4 is 62.4 Å². The third-order valence-electron chi connectivity index (χ3n) is 6.36. The van der Waals surface area contributed by atoms with Crippen molar-refractivity contribution in [2.45, 2.75) is 0 Å². The molecule has 0 aliphatic rings. The predicted octanol–water partition coefficient (Wildman–Crippen LogP) is 6.80. The number of amides is 4. The molecule has 0 unspecified atom stereocenters. The molecular formula is C31H24N6O3. The van der Waals surface area contributed by atoms with E-state index >= 15 is 0 Å². The lowest BCUT2D eigenvalue weighted by Crippen LogP contribution is -2.20. The van der Waals surface area contributed by atoms with Gasteiger partial charge in [0.05, 0.1) is 22.4 Å². The number of benzene rings is 4. The van der Waals surface area contributed by atoms with Gasteiger partial charge >= 0.3 is 6.03 Å². The van der Waals surface area contributed by atoms with Crippen molar-refractivity contribution in [1.82, 2.24) is 9.97 Å². The highest BCUT2D eigenvalue weighted by molar-refractivity contribution is 6.12. The first kappa shape index (κ1) is 24.5. The van der Waals surface area contributed by atoms with E-state index in [4.69, 9.17) is 0 Å². The normalized spacial score (nSPS) is 10.8. The van der Waals surface area contributed by atoms with Crippen molar-refractivity contribution in [3.63, 3.8) is 0 Å². The van der Waals surface area contributed by atoms with Crippen LogP contribution in [0.25, 0.3) is 21.8 Å². The fourth-order valence-electron chi connectivity index (χ4n) is 4.48. The number of aromatic nitrogens is 2. The number of anilines is 4. The minimum absolute atomic E-state index is 0.289. The maximum Gasteiger partial charge on any atom is 0.323 e. The van der Waals surface area contributed by atoms with Gasteiger partial charge in [0.2, 0.25) is 0 Å². The van der Waals surface area contributed by atoms with Crippen LogP contribution < -0.4 is 21.3 Å². The third kappa shape index (κ3) is 5.11. The van der Waals surface area contributed by atoms with E-state index in [0.717, 1.165) is 10.8 Å². The van der Waals surface area contributed by atoms with Crippen LogP contribution >= 0.6 is 0 Å². The SMILES string of the molecule is O=C(Nc1cccc2cc(C(=O)Nc3ccccc3)[nH]c12)Nc1cccc2cc(C(=O)Nc3ccccc3)[nH]c12. The van der Waals surface area contributed by atoms with E-state index in [0.29, 0.717) is 45.2 Å². The predicted molar refractivity (Wildman–Crippen MR) is 158 cm³/mol. The zero-order chi connectivity index (χ0) is 27.5. The smallest absolute Gasteiger partial charge is 0.323 e. The maximum absolute atomic E-state index is 13.0. The first-order valence-corrected chi connectivity index (χ1v) is 12.6. The average Bonchev–Trinajstić information content (AvgIpc) is 3.61. The number of rotatable bonds is 6. The summed E-state index contributed by atoms with van der Waals surface area (Å²) in [5.74, 6) is -0.577. The van der Waals surface area contributed by atoms with Crippen LogP contribution in [0.5, 0.6) is 0 Å². The van der Waals surface area contributed by atoms with Crippen molar-refractivity contribution in [2.24, 2.45) is 0 Å². The molecule has 0 aliphatic carbocycles. The van der Waals surface area contributed by atoms with E-state index in [1.165, 1.54) is 0 Å². The van der Waals surface area contributed by atoms with Gasteiger partial charge in [-0.15, -0.1) is 0 Å². The number of nitrogens with one attached hydrogen (secondary N) is 6. The minimum Gasteiger partial charge on any atom is -0.349 e. The summed E-state index contributed by atoms with van der Waals surface area (Å²) in [5, 5.41) is 13.0. The van der Waals surface area contributed by atoms with E-state index in [2.05, 4.69) is 31.2 Å². The van der Waals surface area contributed by atoms with Crippen LogP contribution in [0, 0.1) is 0 Å². The lowest BCUT2D eigenvalue weighted by molar-refractivity contribution is 0.101. The van der Waals surface area contributed by atoms with Gasteiger partial charge in [-0.25, -0.2) is 4.79 Å². The van der Waals surface area contributed by atoms with Crippen LogP contribution in [0.3, 0.4) is 0 Å². The molecule has 0 aliphatic heterocycles. The molecule has 40 heavy (non-hydrogen) atoms. The Balaban J connectivity index is 1.19. The van der Waals surface area contributed by atoms with E-state index in [1.807, 2.05) is 48.5 Å². The van der Waals surface area contributed by atoms with Gasteiger partial charge in [-0.05, 0) is 48.5 Å². The molecular weight excluding hydrogens is 504 g/mol. The number of carbonyl (C=O) groups excluding carboxylic acids is 3. The van der Waals surface area contributed by atoms with E-state index in [9.17, 15) is 14.4 Å². The van der Waals surface area contributed by atoms with Crippen LogP contribution in [0.2, 0.25) is 0 Å². The molecule has 0 bridgehead atoms. The Morgan fingerprint density at radius 1 is 0.475 bits per heavy atom. The molecule has 196 valence electrons. The minimum atomic E-state index is -0.477. The van der Waals surface area contributed by atoms with Crippen molar-refractivity contribution in [3.8, 4) is 0 Å². The summed E-state index contributed by atoms with van der Waals surface area (Å²) >= 11 is 0. The average molecular weight is 529 g/mol. The van der Waals surface area contributed by atoms with Crippen LogP contribution in [0.4, 0.5) is 27.5 Å². The van der Waals surface area contributed by atoms with Gasteiger partial charge in [-0.2, -0.15) is 0 Å². The van der Waals surface area contributed by atoms with Gasteiger partial charge in [0.1, 0.15) is 11.4 Å². The lowest BCUT2D eigenvalue weighted by atomic mass is 10.2. The number of aromatic amines is 2. The number of urea groups is 1. The highest BCUT2D eigenvalue weighted by Crippen LogP contribution is 2.27. The molecule has 6 N–H and O–H groups in total. The first-order chi connectivity index (χ1) is 19.5. The molecule has 2 heterocycles. The quantitative estimate of drug-likeness (QED) is 0.142. The number of carbonyl (C=O) groups is 3. The molecule has 4 aromatic carbocycles. The summed E-state index contributed by atoms with van der Waals surface area (Å²) in [7, 11) is 0. The number of hydrogen-bond donors (Lipinski definition) is 6. The maximum atomic E-state index is 13.0. The summed E-state index contributed by atoms with van der Waals surface area (Å²) in [6.45, 7) is 0. The molecule has 4 amide bonds. The monoisotopic (exact) mass is 528 g/mol. The van der Waals surface area contributed by atoms with Gasteiger partial charge in [0.15, 0.2) is 0 Å². The standard InChI is InChI=1S/C31H24N6O3/c38-29(32-21-11-3-1-4-12-21)25-17-19-9-7-15-23(27(19)34-25)36-31(40)37-24-16-8-10-20-18-26(35-28(20)24)30(39)33-22-13-5-2-6-14-22/h1-18,34-35H,(H,32,38)(H,33,39)(H2,36,37,40). The number of para-hydroxylation sites is 4.